The fourth-order valence-corrected chi connectivity index (χ4v) is 5.35. The summed E-state index contributed by atoms with van der Waals surface area (Å²) < 4.78 is 0. The fraction of sp³-hybridized carbons (Fsp3) is 0.441. The van der Waals surface area contributed by atoms with Crippen LogP contribution in [-0.4, -0.2) is 4.98 Å². The van der Waals surface area contributed by atoms with Crippen LogP contribution in [0.25, 0.3) is 11.1 Å². The lowest BCUT2D eigenvalue weighted by molar-refractivity contribution is 0.478. The normalized spacial score (nSPS) is 12.2. The molecular formula is C34H43N. The maximum absolute atomic E-state index is 4.47. The number of hydrogen-bond acceptors (Lipinski definition) is 1. The maximum atomic E-state index is 4.47. The summed E-state index contributed by atoms with van der Waals surface area (Å²) in [5.41, 5.74) is 10.3. The Bertz CT molecular complexity index is 1190. The second-order valence-corrected chi connectivity index (χ2v) is 9.95. The zero-order valence-corrected chi connectivity index (χ0v) is 23.0. The van der Waals surface area contributed by atoms with Gasteiger partial charge < -0.3 is 0 Å². The molecule has 0 bridgehead atoms. The zero-order valence-electron chi connectivity index (χ0n) is 23.0. The van der Waals surface area contributed by atoms with E-state index in [9.17, 15) is 0 Å². The summed E-state index contributed by atoms with van der Waals surface area (Å²) in [7, 11) is 0. The van der Waals surface area contributed by atoms with E-state index in [2.05, 4.69) is 108 Å². The van der Waals surface area contributed by atoms with Crippen LogP contribution >= 0.6 is 0 Å². The third-order valence-electron chi connectivity index (χ3n) is 7.82. The van der Waals surface area contributed by atoms with E-state index in [4.69, 9.17) is 0 Å². The molecule has 1 heteroatoms. The van der Waals surface area contributed by atoms with Crippen molar-refractivity contribution < 1.29 is 0 Å². The summed E-state index contributed by atoms with van der Waals surface area (Å²) >= 11 is 0. The van der Waals surface area contributed by atoms with Gasteiger partial charge in [0.2, 0.25) is 0 Å². The number of nitrogens with zero attached hydrogens (tertiary/aromatic N) is 1. The van der Waals surface area contributed by atoms with E-state index >= 15 is 0 Å². The standard InChI is InChI=1S/C34H43N/c1-8-13-27(9-2)14-15-29-16-17-31(20-25(29)6)34(11-4,12-5)32-18-19-33(26(7)21-32)30-22-28(10-3)23-35-24-30/h16-24,27H,8-13H2,1-7H3. The molecular weight excluding hydrogens is 422 g/mol. The van der Waals surface area contributed by atoms with Gasteiger partial charge in [0.25, 0.3) is 0 Å². The SMILES string of the molecule is CCCC(C#Cc1ccc(C(CC)(CC)c2ccc(-c3cncc(CC)c3)c(C)c2)cc1C)CC. The Hall–Kier alpha value is -2.85. The number of hydrogen-bond donors (Lipinski definition) is 0. The van der Waals surface area contributed by atoms with Gasteiger partial charge in [0.05, 0.1) is 0 Å². The smallest absolute Gasteiger partial charge is 0.0346 e. The van der Waals surface area contributed by atoms with Crippen LogP contribution in [0, 0.1) is 31.6 Å². The van der Waals surface area contributed by atoms with Gasteiger partial charge in [-0.05, 0) is 91.5 Å². The predicted molar refractivity (Wildman–Crippen MR) is 152 cm³/mol. The average Bonchev–Trinajstić information content (AvgIpc) is 2.88. The Morgan fingerprint density at radius 3 is 2.09 bits per heavy atom. The van der Waals surface area contributed by atoms with E-state index in [1.807, 2.05) is 12.4 Å². The van der Waals surface area contributed by atoms with Crippen molar-refractivity contribution >= 4 is 0 Å². The van der Waals surface area contributed by atoms with Crippen molar-refractivity contribution in [2.75, 3.05) is 0 Å². The van der Waals surface area contributed by atoms with Crippen LogP contribution in [-0.2, 0) is 11.8 Å². The molecule has 0 aliphatic carbocycles. The lowest BCUT2D eigenvalue weighted by atomic mass is 9.69. The zero-order chi connectivity index (χ0) is 25.4. The first-order valence-electron chi connectivity index (χ1n) is 13.6. The van der Waals surface area contributed by atoms with Crippen molar-refractivity contribution in [3.63, 3.8) is 0 Å². The van der Waals surface area contributed by atoms with Crippen molar-refractivity contribution in [2.45, 2.75) is 92.4 Å². The molecule has 1 heterocycles. The minimum absolute atomic E-state index is 0.00229. The fourth-order valence-electron chi connectivity index (χ4n) is 5.35. The Morgan fingerprint density at radius 1 is 0.829 bits per heavy atom. The van der Waals surface area contributed by atoms with E-state index in [0.717, 1.165) is 25.7 Å². The van der Waals surface area contributed by atoms with Crippen molar-refractivity contribution in [1.82, 2.24) is 4.98 Å². The maximum Gasteiger partial charge on any atom is 0.0346 e. The van der Waals surface area contributed by atoms with Gasteiger partial charge in [0, 0.05) is 34.9 Å². The lowest BCUT2D eigenvalue weighted by Gasteiger charge is -2.34. The Morgan fingerprint density at radius 2 is 1.51 bits per heavy atom. The van der Waals surface area contributed by atoms with Gasteiger partial charge in [0.15, 0.2) is 0 Å². The molecule has 0 spiro atoms. The monoisotopic (exact) mass is 465 g/mol. The lowest BCUT2D eigenvalue weighted by Crippen LogP contribution is -2.26. The van der Waals surface area contributed by atoms with Crippen LogP contribution in [0.15, 0.2) is 54.9 Å². The minimum Gasteiger partial charge on any atom is -0.264 e. The topological polar surface area (TPSA) is 12.9 Å². The second-order valence-electron chi connectivity index (χ2n) is 9.95. The minimum atomic E-state index is -0.00229. The molecule has 0 saturated carbocycles. The van der Waals surface area contributed by atoms with E-state index in [0.29, 0.717) is 5.92 Å². The molecule has 1 nitrogen and oxygen atoms in total. The highest BCUT2D eigenvalue weighted by Crippen LogP contribution is 2.41. The number of aryl methyl sites for hydroxylation is 3. The Kier molecular flexibility index (Phi) is 9.33. The van der Waals surface area contributed by atoms with Crippen molar-refractivity contribution in [3.05, 3.63) is 88.2 Å². The molecule has 35 heavy (non-hydrogen) atoms. The van der Waals surface area contributed by atoms with Crippen molar-refractivity contribution in [2.24, 2.45) is 5.92 Å². The molecule has 1 atom stereocenters. The molecule has 0 amide bonds. The molecule has 3 rings (SSSR count). The first kappa shape index (κ1) is 26.7. The van der Waals surface area contributed by atoms with E-state index in [1.165, 1.54) is 57.3 Å². The third-order valence-corrected chi connectivity index (χ3v) is 7.82. The highest BCUT2D eigenvalue weighted by molar-refractivity contribution is 5.68. The molecule has 0 fully saturated rings. The van der Waals surface area contributed by atoms with Crippen molar-refractivity contribution in [3.8, 4) is 23.0 Å². The van der Waals surface area contributed by atoms with E-state index in [1.54, 1.807) is 0 Å². The van der Waals surface area contributed by atoms with Gasteiger partial charge in [-0.15, -0.1) is 0 Å². The van der Waals surface area contributed by atoms with Crippen LogP contribution in [0.5, 0.6) is 0 Å². The molecule has 184 valence electrons. The highest BCUT2D eigenvalue weighted by atomic mass is 14.6. The summed E-state index contributed by atoms with van der Waals surface area (Å²) in [6.07, 6.45) is 10.6. The summed E-state index contributed by atoms with van der Waals surface area (Å²) in [5, 5.41) is 0. The van der Waals surface area contributed by atoms with Gasteiger partial charge in [-0.2, -0.15) is 0 Å². The van der Waals surface area contributed by atoms with Gasteiger partial charge in [-0.3, -0.25) is 4.98 Å². The molecule has 0 aliphatic rings. The third kappa shape index (κ3) is 5.87. The predicted octanol–water partition coefficient (Wildman–Crippen LogP) is 9.21. The average molecular weight is 466 g/mol. The molecule has 1 unspecified atom stereocenters. The van der Waals surface area contributed by atoms with Gasteiger partial charge in [-0.25, -0.2) is 0 Å². The van der Waals surface area contributed by atoms with Gasteiger partial charge in [0.1, 0.15) is 0 Å². The summed E-state index contributed by atoms with van der Waals surface area (Å²) in [4.78, 5) is 4.47. The quantitative estimate of drug-likeness (QED) is 0.287. The molecule has 3 aromatic rings. The summed E-state index contributed by atoms with van der Waals surface area (Å²) in [5.74, 6) is 7.52. The first-order valence-corrected chi connectivity index (χ1v) is 13.6. The Balaban J connectivity index is 2.00. The van der Waals surface area contributed by atoms with E-state index in [-0.39, 0.29) is 5.41 Å². The van der Waals surface area contributed by atoms with Crippen LogP contribution in [0.2, 0.25) is 0 Å². The summed E-state index contributed by atoms with van der Waals surface area (Å²) in [6, 6.07) is 16.3. The molecule has 0 N–H and O–H groups in total. The number of aromatic nitrogens is 1. The van der Waals surface area contributed by atoms with Crippen LogP contribution in [0.4, 0.5) is 0 Å². The van der Waals surface area contributed by atoms with Gasteiger partial charge in [-0.1, -0.05) is 83.2 Å². The second kappa shape index (κ2) is 12.2. The van der Waals surface area contributed by atoms with Gasteiger partial charge >= 0.3 is 0 Å². The van der Waals surface area contributed by atoms with Crippen LogP contribution in [0.3, 0.4) is 0 Å². The molecule has 0 saturated heterocycles. The van der Waals surface area contributed by atoms with Crippen molar-refractivity contribution in [1.29, 1.82) is 0 Å². The number of pyridine rings is 1. The Labute approximate surface area is 214 Å². The van der Waals surface area contributed by atoms with Crippen LogP contribution < -0.4 is 0 Å². The first-order chi connectivity index (χ1) is 16.9. The number of benzene rings is 2. The molecule has 0 radical (unpaired) electrons. The van der Waals surface area contributed by atoms with Crippen LogP contribution in [0.1, 0.15) is 100 Å². The largest absolute Gasteiger partial charge is 0.264 e. The molecule has 1 aromatic heterocycles. The molecule has 2 aromatic carbocycles. The molecule has 0 aliphatic heterocycles. The highest BCUT2D eigenvalue weighted by Gasteiger charge is 2.31. The summed E-state index contributed by atoms with van der Waals surface area (Å²) in [6.45, 7) is 15.8. The number of rotatable bonds is 9. The van der Waals surface area contributed by atoms with E-state index < -0.39 is 0 Å².